The smallest absolute Gasteiger partial charge is 1.00 e. The molecule has 0 nitrogen and oxygen atoms in total. The monoisotopic (exact) mass is 599 g/mol. The van der Waals surface area contributed by atoms with Crippen LogP contribution in [0.25, 0.3) is 0 Å². The zero-order valence-corrected chi connectivity index (χ0v) is 29.7. The van der Waals surface area contributed by atoms with E-state index in [9.17, 15) is 0 Å². The van der Waals surface area contributed by atoms with E-state index in [1.807, 2.05) is 0 Å². The van der Waals surface area contributed by atoms with E-state index in [0.717, 1.165) is 0 Å². The Morgan fingerprint density at radius 1 is 1.00 bits per heavy atom. The largest absolute Gasteiger partial charge is 1.00 e. The average Bonchev–Trinajstić information content (AvgIpc) is 0. The molecule has 5 heavy (non-hydrogen) atoms. The molecule has 0 saturated carbocycles. The molecule has 11 valence electrons. The van der Waals surface area contributed by atoms with Crippen molar-refractivity contribution in [3.8, 4) is 0 Å². The van der Waals surface area contributed by atoms with E-state index in [2.05, 4.69) is 0 Å². The minimum absolute atomic E-state index is 0. The molecule has 0 fully saturated rings. The van der Waals surface area contributed by atoms with E-state index >= 15 is 0 Å². The maximum atomic E-state index is 0. The van der Waals surface area contributed by atoms with Crippen LogP contribution in [0.3, 0.4) is 0 Å². The van der Waals surface area contributed by atoms with E-state index in [-0.39, 0.29) is 280 Å². The summed E-state index contributed by atoms with van der Waals surface area (Å²) in [5.74, 6) is 0. The summed E-state index contributed by atoms with van der Waals surface area (Å²) in [5, 5.41) is 0. The SMILES string of the molecule is [Cs+].[Cs+].[H-].[H-].[H-].[H-].[K+].[Rb+].[Tl]. The predicted octanol–water partition coefficient (Wildman–Crippen LogP) is -11.9. The first-order valence-corrected chi connectivity index (χ1v) is 0. The third-order valence-corrected chi connectivity index (χ3v) is 0. The summed E-state index contributed by atoms with van der Waals surface area (Å²) in [5.41, 5.74) is 0. The van der Waals surface area contributed by atoms with Crippen molar-refractivity contribution >= 4 is 27.3 Å². The third-order valence-electron chi connectivity index (χ3n) is 0. The van der Waals surface area contributed by atoms with Crippen LogP contribution >= 0.6 is 0 Å². The molecule has 0 amide bonds. The fourth-order valence-corrected chi connectivity index (χ4v) is 0. The Hall–Kier alpha value is 8.47. The molecule has 0 aliphatic heterocycles. The molecule has 0 N–H and O–H groups in total. The Morgan fingerprint density at radius 2 is 1.00 bits per heavy atom. The number of rotatable bonds is 0. The second kappa shape index (κ2) is 22.9. The van der Waals surface area contributed by atoms with Crippen molar-refractivity contribution in [2.45, 2.75) is 0 Å². The standard InChI is InChI=1S/2Cs.K.Rb.Tl.4H/q4*+1;;4*-1. The van der Waals surface area contributed by atoms with Gasteiger partial charge in [-0.05, 0) is 0 Å². The van der Waals surface area contributed by atoms with Gasteiger partial charge in [0, 0.05) is 27.3 Å². The summed E-state index contributed by atoms with van der Waals surface area (Å²) in [6.45, 7) is 0. The summed E-state index contributed by atoms with van der Waals surface area (Å²) in [7, 11) is 0. The van der Waals surface area contributed by atoms with Crippen LogP contribution in [0.2, 0.25) is 0 Å². The number of hydrogen-bond donors (Lipinski definition) is 0. The molecule has 0 saturated heterocycles. The van der Waals surface area contributed by atoms with Gasteiger partial charge in [0.2, 0.25) is 0 Å². The predicted molar refractivity (Wildman–Crippen MR) is 10.2 cm³/mol. The van der Waals surface area contributed by atoms with E-state index in [1.165, 1.54) is 0 Å². The quantitative estimate of drug-likeness (QED) is 0.243. The Labute approximate surface area is 268 Å². The molecule has 5 heteroatoms. The van der Waals surface area contributed by atoms with Crippen LogP contribution < -0.4 is 247 Å². The van der Waals surface area contributed by atoms with Gasteiger partial charge in [-0.25, -0.2) is 0 Å². The molecule has 0 spiro atoms. The Morgan fingerprint density at radius 3 is 1.00 bits per heavy atom. The molecule has 0 rings (SSSR count). The first-order chi connectivity index (χ1) is 0. The molecule has 1 radical (unpaired) electrons. The van der Waals surface area contributed by atoms with E-state index in [4.69, 9.17) is 0 Å². The first kappa shape index (κ1) is 29.2. The molecule has 0 aromatic rings. The maximum absolute atomic E-state index is 0. The van der Waals surface area contributed by atoms with Gasteiger partial charge >= 0.3 is 247 Å². The minimum atomic E-state index is 0. The summed E-state index contributed by atoms with van der Waals surface area (Å²) < 4.78 is 0. The van der Waals surface area contributed by atoms with Crippen molar-refractivity contribution in [2.75, 3.05) is 0 Å². The van der Waals surface area contributed by atoms with Crippen molar-refractivity contribution in [3.63, 3.8) is 0 Å². The van der Waals surface area contributed by atoms with Crippen LogP contribution in [-0.2, 0) is 0 Å². The minimum Gasteiger partial charge on any atom is -1.00 e. The Balaban J connectivity index is 0. The van der Waals surface area contributed by atoms with Crippen LogP contribution in [0.4, 0.5) is 0 Å². The normalized spacial score (nSPS) is 0. The van der Waals surface area contributed by atoms with Gasteiger partial charge in [-0.15, -0.1) is 0 Å². The fourth-order valence-electron chi connectivity index (χ4n) is 0. The summed E-state index contributed by atoms with van der Waals surface area (Å²) in [6, 6.07) is 0. The zero-order valence-electron chi connectivity index (χ0n) is 8.58. The molecule has 0 unspecified atom stereocenters. The van der Waals surface area contributed by atoms with E-state index in [1.54, 1.807) is 0 Å². The second-order valence-corrected chi connectivity index (χ2v) is 0. The average molecular weight is 599 g/mol. The Bertz CT molecular complexity index is 18.5. The molecular formula is H4Cs2KRbTl. The molecule has 0 aliphatic carbocycles. The zero-order chi connectivity index (χ0) is 0. The third kappa shape index (κ3) is 19.1. The summed E-state index contributed by atoms with van der Waals surface area (Å²) in [6.07, 6.45) is 0. The van der Waals surface area contributed by atoms with Gasteiger partial charge < -0.3 is 5.71 Å². The van der Waals surface area contributed by atoms with Gasteiger partial charge in [0.05, 0.1) is 0 Å². The Kier molecular flexibility index (Phi) is 134. The second-order valence-electron chi connectivity index (χ2n) is 0. The van der Waals surface area contributed by atoms with Gasteiger partial charge in [-0.1, -0.05) is 0 Å². The molecule has 0 heterocycles. The molecule has 0 aliphatic rings. The van der Waals surface area contributed by atoms with Crippen molar-refractivity contribution < 1.29 is 253 Å². The van der Waals surface area contributed by atoms with Crippen LogP contribution in [0, 0.1) is 0 Å². The van der Waals surface area contributed by atoms with Gasteiger partial charge in [0.25, 0.3) is 0 Å². The fraction of sp³-hybridized carbons (Fsp3) is 0. The summed E-state index contributed by atoms with van der Waals surface area (Å²) in [4.78, 5) is 0. The van der Waals surface area contributed by atoms with Gasteiger partial charge in [0.15, 0.2) is 0 Å². The maximum Gasteiger partial charge on any atom is 1.00 e. The van der Waals surface area contributed by atoms with Crippen molar-refractivity contribution in [1.29, 1.82) is 0 Å². The first-order valence-electron chi connectivity index (χ1n) is 0. The van der Waals surface area contributed by atoms with E-state index < -0.39 is 0 Å². The number of hydrogen-bond acceptors (Lipinski definition) is 0. The van der Waals surface area contributed by atoms with Gasteiger partial charge in [-0.3, -0.25) is 0 Å². The van der Waals surface area contributed by atoms with Crippen molar-refractivity contribution in [1.82, 2.24) is 0 Å². The van der Waals surface area contributed by atoms with Crippen LogP contribution in [-0.4, -0.2) is 27.3 Å². The van der Waals surface area contributed by atoms with Crippen LogP contribution in [0.1, 0.15) is 5.71 Å². The molecule has 0 aromatic heterocycles. The van der Waals surface area contributed by atoms with Crippen LogP contribution in [0.5, 0.6) is 0 Å². The molecule has 0 aromatic carbocycles. The van der Waals surface area contributed by atoms with Gasteiger partial charge in [-0.2, -0.15) is 0 Å². The molecular weight excluding hydrogens is 595 g/mol. The van der Waals surface area contributed by atoms with E-state index in [0.29, 0.717) is 0 Å². The van der Waals surface area contributed by atoms with Crippen molar-refractivity contribution in [2.24, 2.45) is 0 Å². The molecule has 0 bridgehead atoms. The van der Waals surface area contributed by atoms with Crippen LogP contribution in [0.15, 0.2) is 0 Å². The van der Waals surface area contributed by atoms with Crippen molar-refractivity contribution in [3.05, 3.63) is 0 Å². The molecule has 0 atom stereocenters. The van der Waals surface area contributed by atoms with Gasteiger partial charge in [0.1, 0.15) is 0 Å². The summed E-state index contributed by atoms with van der Waals surface area (Å²) >= 11 is 0. The topological polar surface area (TPSA) is 0 Å².